The summed E-state index contributed by atoms with van der Waals surface area (Å²) >= 11 is 7.49. The summed E-state index contributed by atoms with van der Waals surface area (Å²) in [4.78, 5) is 25.0. The Morgan fingerprint density at radius 3 is 2.79 bits per heavy atom. The molecule has 148 valence electrons. The van der Waals surface area contributed by atoms with Gasteiger partial charge in [0.1, 0.15) is 0 Å². The Kier molecular flexibility index (Phi) is 6.32. The number of halogens is 1. The summed E-state index contributed by atoms with van der Waals surface area (Å²) < 4.78 is 25.3. The van der Waals surface area contributed by atoms with Gasteiger partial charge in [0, 0.05) is 23.0 Å². The highest BCUT2D eigenvalue weighted by Crippen LogP contribution is 2.34. The Bertz CT molecular complexity index is 1020. The molecule has 2 N–H and O–H groups in total. The topological polar surface area (TPSA) is 92.3 Å². The number of para-hydroxylation sites is 1. The maximum Gasteiger partial charge on any atom is 0.228 e. The van der Waals surface area contributed by atoms with Gasteiger partial charge >= 0.3 is 0 Å². The van der Waals surface area contributed by atoms with Crippen LogP contribution in [0.25, 0.3) is 0 Å². The van der Waals surface area contributed by atoms with Gasteiger partial charge in [0.05, 0.1) is 27.0 Å². The summed E-state index contributed by atoms with van der Waals surface area (Å²) in [5.74, 6) is -0.456. The number of carbonyl (C=O) groups is 2. The van der Waals surface area contributed by atoms with Crippen LogP contribution in [0.15, 0.2) is 52.3 Å². The van der Waals surface area contributed by atoms with Crippen molar-refractivity contribution in [3.63, 3.8) is 0 Å². The average molecular weight is 439 g/mol. The predicted octanol–water partition coefficient (Wildman–Crippen LogP) is 3.82. The highest BCUT2D eigenvalue weighted by atomic mass is 35.5. The first kappa shape index (κ1) is 20.7. The van der Waals surface area contributed by atoms with Gasteiger partial charge in [-0.05, 0) is 30.3 Å². The summed E-state index contributed by atoms with van der Waals surface area (Å²) in [5.41, 5.74) is 0.923. The zero-order valence-electron chi connectivity index (χ0n) is 15.1. The normalized spacial score (nSPS) is 16.6. The van der Waals surface area contributed by atoms with E-state index >= 15 is 0 Å². The Hall–Kier alpha value is -2.03. The van der Waals surface area contributed by atoms with E-state index in [1.165, 1.54) is 23.9 Å². The van der Waals surface area contributed by atoms with Crippen molar-refractivity contribution >= 4 is 56.4 Å². The van der Waals surface area contributed by atoms with E-state index in [0.29, 0.717) is 22.2 Å². The van der Waals surface area contributed by atoms with E-state index in [1.54, 1.807) is 30.3 Å². The van der Waals surface area contributed by atoms with Crippen LogP contribution in [0.3, 0.4) is 0 Å². The Labute approximate surface area is 173 Å². The molecule has 28 heavy (non-hydrogen) atoms. The summed E-state index contributed by atoms with van der Waals surface area (Å²) in [6.07, 6.45) is -0.206. The van der Waals surface area contributed by atoms with Crippen LogP contribution in [0, 0.1) is 5.92 Å². The number of benzene rings is 2. The average Bonchev–Trinajstić information content (AvgIpc) is 2.80. The SMILES string of the molecule is CC1CSc2ccc(S(=O)(=O)CCC(=O)Nc3ccccc3Cl)cc2NC1=O. The van der Waals surface area contributed by atoms with E-state index in [0.717, 1.165) is 4.90 Å². The number of fused-ring (bicyclic) bond motifs is 1. The molecule has 6 nitrogen and oxygen atoms in total. The maximum absolute atomic E-state index is 12.6. The largest absolute Gasteiger partial charge is 0.325 e. The smallest absolute Gasteiger partial charge is 0.228 e. The van der Waals surface area contributed by atoms with Gasteiger partial charge in [0.15, 0.2) is 9.84 Å². The molecule has 0 aliphatic carbocycles. The van der Waals surface area contributed by atoms with Crippen LogP contribution in [0.2, 0.25) is 5.02 Å². The third kappa shape index (κ3) is 4.87. The Morgan fingerprint density at radius 2 is 2.04 bits per heavy atom. The molecular weight excluding hydrogens is 420 g/mol. The lowest BCUT2D eigenvalue weighted by Gasteiger charge is -2.11. The van der Waals surface area contributed by atoms with Crippen LogP contribution < -0.4 is 10.6 Å². The molecule has 2 amide bonds. The van der Waals surface area contributed by atoms with Crippen LogP contribution in [0.5, 0.6) is 0 Å². The lowest BCUT2D eigenvalue weighted by Crippen LogP contribution is -2.20. The summed E-state index contributed by atoms with van der Waals surface area (Å²) in [6.45, 7) is 1.82. The van der Waals surface area contributed by atoms with Crippen LogP contribution in [-0.4, -0.2) is 31.7 Å². The van der Waals surface area contributed by atoms with E-state index in [2.05, 4.69) is 10.6 Å². The number of hydrogen-bond donors (Lipinski definition) is 2. The second-order valence-electron chi connectivity index (χ2n) is 6.46. The highest BCUT2D eigenvalue weighted by molar-refractivity contribution is 7.99. The number of nitrogens with one attached hydrogen (secondary N) is 2. The molecule has 0 radical (unpaired) electrons. The van der Waals surface area contributed by atoms with Crippen LogP contribution in [0.1, 0.15) is 13.3 Å². The molecule has 1 unspecified atom stereocenters. The van der Waals surface area contributed by atoms with Gasteiger partial charge in [0.2, 0.25) is 11.8 Å². The molecule has 1 aliphatic rings. The number of anilines is 2. The molecule has 2 aromatic carbocycles. The first-order valence-electron chi connectivity index (χ1n) is 8.61. The molecule has 0 saturated heterocycles. The Balaban J connectivity index is 1.70. The minimum absolute atomic E-state index is 0.0762. The molecular formula is C19H19ClN2O4S2. The lowest BCUT2D eigenvalue weighted by atomic mass is 10.2. The molecule has 0 saturated carbocycles. The Morgan fingerprint density at radius 1 is 1.29 bits per heavy atom. The second kappa shape index (κ2) is 8.55. The van der Waals surface area contributed by atoms with Crippen molar-refractivity contribution in [3.05, 3.63) is 47.5 Å². The maximum atomic E-state index is 12.6. The predicted molar refractivity (Wildman–Crippen MR) is 112 cm³/mol. The molecule has 1 atom stereocenters. The van der Waals surface area contributed by atoms with Crippen molar-refractivity contribution < 1.29 is 18.0 Å². The summed E-state index contributed by atoms with van der Waals surface area (Å²) in [5, 5.41) is 5.76. The molecule has 3 rings (SSSR count). The number of amides is 2. The third-order valence-corrected chi connectivity index (χ3v) is 7.63. The van der Waals surface area contributed by atoms with E-state index in [1.807, 2.05) is 6.92 Å². The minimum atomic E-state index is -3.69. The van der Waals surface area contributed by atoms with Gasteiger partial charge in [-0.15, -0.1) is 11.8 Å². The second-order valence-corrected chi connectivity index (χ2v) is 10.0. The third-order valence-electron chi connectivity index (χ3n) is 4.25. The molecule has 1 heterocycles. The monoisotopic (exact) mass is 438 g/mol. The van der Waals surface area contributed by atoms with Crippen molar-refractivity contribution in [3.8, 4) is 0 Å². The first-order valence-corrected chi connectivity index (χ1v) is 11.6. The minimum Gasteiger partial charge on any atom is -0.325 e. The van der Waals surface area contributed by atoms with Gasteiger partial charge in [-0.25, -0.2) is 8.42 Å². The highest BCUT2D eigenvalue weighted by Gasteiger charge is 2.23. The number of hydrogen-bond acceptors (Lipinski definition) is 5. The molecule has 0 spiro atoms. The van der Waals surface area contributed by atoms with E-state index in [-0.39, 0.29) is 28.9 Å². The zero-order chi connectivity index (χ0) is 20.3. The molecule has 9 heteroatoms. The summed E-state index contributed by atoms with van der Waals surface area (Å²) in [6, 6.07) is 11.4. The van der Waals surface area contributed by atoms with Crippen LogP contribution in [-0.2, 0) is 19.4 Å². The van der Waals surface area contributed by atoms with Crippen molar-refractivity contribution in [2.24, 2.45) is 5.92 Å². The zero-order valence-corrected chi connectivity index (χ0v) is 17.5. The van der Waals surface area contributed by atoms with E-state index < -0.39 is 15.7 Å². The van der Waals surface area contributed by atoms with Crippen molar-refractivity contribution in [1.82, 2.24) is 0 Å². The fourth-order valence-corrected chi connectivity index (χ4v) is 5.05. The molecule has 2 aromatic rings. The van der Waals surface area contributed by atoms with E-state index in [4.69, 9.17) is 11.6 Å². The fraction of sp³-hybridized carbons (Fsp3) is 0.263. The van der Waals surface area contributed by atoms with Crippen LogP contribution in [0.4, 0.5) is 11.4 Å². The van der Waals surface area contributed by atoms with Gasteiger partial charge in [-0.3, -0.25) is 9.59 Å². The van der Waals surface area contributed by atoms with Gasteiger partial charge in [0.25, 0.3) is 0 Å². The number of rotatable bonds is 5. The van der Waals surface area contributed by atoms with Crippen molar-refractivity contribution in [2.45, 2.75) is 23.1 Å². The van der Waals surface area contributed by atoms with Gasteiger partial charge in [-0.1, -0.05) is 30.7 Å². The van der Waals surface area contributed by atoms with Crippen molar-refractivity contribution in [2.75, 3.05) is 22.1 Å². The lowest BCUT2D eigenvalue weighted by molar-refractivity contribution is -0.118. The number of carbonyl (C=O) groups excluding carboxylic acids is 2. The fourth-order valence-electron chi connectivity index (χ4n) is 2.59. The van der Waals surface area contributed by atoms with Gasteiger partial charge < -0.3 is 10.6 Å². The standard InChI is InChI=1S/C19H19ClN2O4S2/c1-12-11-27-17-7-6-13(10-16(17)22-19(12)24)28(25,26)9-8-18(23)21-15-5-3-2-4-14(15)20/h2-7,10,12H,8-9,11H2,1H3,(H,21,23)(H,22,24). The molecule has 0 aromatic heterocycles. The molecule has 0 fully saturated rings. The quantitative estimate of drug-likeness (QED) is 0.740. The van der Waals surface area contributed by atoms with E-state index in [9.17, 15) is 18.0 Å². The molecule has 0 bridgehead atoms. The van der Waals surface area contributed by atoms with Crippen molar-refractivity contribution in [1.29, 1.82) is 0 Å². The molecule has 1 aliphatic heterocycles. The summed E-state index contributed by atoms with van der Waals surface area (Å²) in [7, 11) is -3.69. The number of sulfone groups is 1. The van der Waals surface area contributed by atoms with Gasteiger partial charge in [-0.2, -0.15) is 0 Å². The number of thioether (sulfide) groups is 1. The van der Waals surface area contributed by atoms with Crippen LogP contribution >= 0.6 is 23.4 Å². The first-order chi connectivity index (χ1) is 13.3.